The van der Waals surface area contributed by atoms with Crippen molar-refractivity contribution in [2.75, 3.05) is 6.54 Å². The molecule has 1 aliphatic carbocycles. The first-order valence-electron chi connectivity index (χ1n) is 7.24. The van der Waals surface area contributed by atoms with Gasteiger partial charge in [0.1, 0.15) is 0 Å². The summed E-state index contributed by atoms with van der Waals surface area (Å²) < 4.78 is 0. The summed E-state index contributed by atoms with van der Waals surface area (Å²) in [6, 6.07) is 0.411. The first-order chi connectivity index (χ1) is 8.22. The summed E-state index contributed by atoms with van der Waals surface area (Å²) >= 11 is 0. The van der Waals surface area contributed by atoms with E-state index in [0.717, 1.165) is 38.1 Å². The van der Waals surface area contributed by atoms with Crippen LogP contribution in [-0.2, 0) is 4.79 Å². The minimum absolute atomic E-state index is 0.232. The first kappa shape index (κ1) is 14.5. The highest BCUT2D eigenvalue weighted by Gasteiger charge is 2.18. The van der Waals surface area contributed by atoms with Crippen molar-refractivity contribution in [3.05, 3.63) is 0 Å². The number of hydrogen-bond donors (Lipinski definition) is 2. The van der Waals surface area contributed by atoms with E-state index in [9.17, 15) is 4.79 Å². The zero-order chi connectivity index (χ0) is 12.5. The molecule has 1 rings (SSSR count). The molecule has 100 valence electrons. The molecular weight excluding hydrogens is 212 g/mol. The summed E-state index contributed by atoms with van der Waals surface area (Å²) in [4.78, 5) is 11.6. The standard InChI is InChI=1S/C14H28N2O/c1-2-3-4-11-16-14(17)10-7-12-5-8-13(15)9-6-12/h12-13H,2-11,15H2,1H3,(H,16,17). The van der Waals surface area contributed by atoms with Crippen LogP contribution in [0.15, 0.2) is 0 Å². The maximum absolute atomic E-state index is 11.6. The lowest BCUT2D eigenvalue weighted by atomic mass is 9.84. The van der Waals surface area contributed by atoms with E-state index in [2.05, 4.69) is 12.2 Å². The van der Waals surface area contributed by atoms with Gasteiger partial charge in [0.2, 0.25) is 5.91 Å². The Morgan fingerprint density at radius 1 is 1.24 bits per heavy atom. The zero-order valence-corrected chi connectivity index (χ0v) is 11.2. The van der Waals surface area contributed by atoms with Gasteiger partial charge in [-0.15, -0.1) is 0 Å². The Hall–Kier alpha value is -0.570. The van der Waals surface area contributed by atoms with Crippen LogP contribution in [0.2, 0.25) is 0 Å². The first-order valence-corrected chi connectivity index (χ1v) is 7.24. The van der Waals surface area contributed by atoms with E-state index in [4.69, 9.17) is 5.73 Å². The third-order valence-corrected chi connectivity index (χ3v) is 3.77. The molecule has 0 aromatic carbocycles. The summed E-state index contributed by atoms with van der Waals surface area (Å²) in [6.45, 7) is 3.03. The predicted molar refractivity (Wildman–Crippen MR) is 71.7 cm³/mol. The molecule has 0 radical (unpaired) electrons. The Kier molecular flexibility index (Phi) is 7.25. The van der Waals surface area contributed by atoms with Crippen LogP contribution in [0.3, 0.4) is 0 Å². The molecule has 0 heterocycles. The molecular formula is C14H28N2O. The number of nitrogens with two attached hydrogens (primary N) is 1. The van der Waals surface area contributed by atoms with Gasteiger partial charge < -0.3 is 11.1 Å². The Balaban J connectivity index is 1.99. The molecule has 1 fully saturated rings. The summed E-state index contributed by atoms with van der Waals surface area (Å²) in [5.41, 5.74) is 5.87. The molecule has 0 aromatic heterocycles. The van der Waals surface area contributed by atoms with Crippen molar-refractivity contribution in [3.8, 4) is 0 Å². The molecule has 3 nitrogen and oxygen atoms in total. The van der Waals surface area contributed by atoms with Crippen LogP contribution in [0.5, 0.6) is 0 Å². The maximum Gasteiger partial charge on any atom is 0.220 e. The second-order valence-electron chi connectivity index (χ2n) is 5.38. The van der Waals surface area contributed by atoms with E-state index in [1.165, 1.54) is 25.7 Å². The summed E-state index contributed by atoms with van der Waals surface area (Å²) in [5.74, 6) is 0.965. The summed E-state index contributed by atoms with van der Waals surface area (Å²) in [6.07, 6.45) is 9.98. The molecule has 0 aromatic rings. The zero-order valence-electron chi connectivity index (χ0n) is 11.2. The van der Waals surface area contributed by atoms with Crippen molar-refractivity contribution in [1.29, 1.82) is 0 Å². The molecule has 3 N–H and O–H groups in total. The number of carbonyl (C=O) groups excluding carboxylic acids is 1. The van der Waals surface area contributed by atoms with Crippen molar-refractivity contribution in [1.82, 2.24) is 5.32 Å². The SMILES string of the molecule is CCCCCNC(=O)CCC1CCC(N)CC1. The van der Waals surface area contributed by atoms with E-state index >= 15 is 0 Å². The number of rotatable bonds is 7. The number of amides is 1. The van der Waals surface area contributed by atoms with Crippen LogP contribution < -0.4 is 11.1 Å². The lowest BCUT2D eigenvalue weighted by Crippen LogP contribution is -2.28. The molecule has 0 saturated heterocycles. The fraction of sp³-hybridized carbons (Fsp3) is 0.929. The van der Waals surface area contributed by atoms with E-state index in [0.29, 0.717) is 12.5 Å². The van der Waals surface area contributed by atoms with E-state index < -0.39 is 0 Å². The van der Waals surface area contributed by atoms with Gasteiger partial charge in [0, 0.05) is 19.0 Å². The largest absolute Gasteiger partial charge is 0.356 e. The van der Waals surface area contributed by atoms with Gasteiger partial charge in [-0.2, -0.15) is 0 Å². The quantitative estimate of drug-likeness (QED) is 0.672. The third-order valence-electron chi connectivity index (χ3n) is 3.77. The fourth-order valence-corrected chi connectivity index (χ4v) is 2.50. The van der Waals surface area contributed by atoms with Crippen molar-refractivity contribution >= 4 is 5.91 Å². The van der Waals surface area contributed by atoms with Gasteiger partial charge in [0.15, 0.2) is 0 Å². The minimum atomic E-state index is 0.232. The molecule has 0 aliphatic heterocycles. The molecule has 0 unspecified atom stereocenters. The highest BCUT2D eigenvalue weighted by molar-refractivity contribution is 5.75. The maximum atomic E-state index is 11.6. The second kappa shape index (κ2) is 8.51. The number of unbranched alkanes of at least 4 members (excludes halogenated alkanes) is 2. The predicted octanol–water partition coefficient (Wildman–Crippen LogP) is 2.59. The highest BCUT2D eigenvalue weighted by atomic mass is 16.1. The van der Waals surface area contributed by atoms with Gasteiger partial charge in [-0.05, 0) is 44.4 Å². The summed E-state index contributed by atoms with van der Waals surface area (Å²) in [7, 11) is 0. The molecule has 1 aliphatic rings. The summed E-state index contributed by atoms with van der Waals surface area (Å²) in [5, 5.41) is 3.00. The normalized spacial score (nSPS) is 24.6. The topological polar surface area (TPSA) is 55.1 Å². The van der Waals surface area contributed by atoms with E-state index in [1.807, 2.05) is 0 Å². The van der Waals surface area contributed by atoms with Crippen LogP contribution in [0, 0.1) is 5.92 Å². The van der Waals surface area contributed by atoms with Crippen LogP contribution in [0.4, 0.5) is 0 Å². The van der Waals surface area contributed by atoms with Crippen molar-refractivity contribution in [2.45, 2.75) is 70.8 Å². The number of hydrogen-bond acceptors (Lipinski definition) is 2. The molecule has 17 heavy (non-hydrogen) atoms. The molecule has 0 bridgehead atoms. The van der Waals surface area contributed by atoms with Crippen molar-refractivity contribution in [2.24, 2.45) is 11.7 Å². The smallest absolute Gasteiger partial charge is 0.220 e. The monoisotopic (exact) mass is 240 g/mol. The van der Waals surface area contributed by atoms with E-state index in [1.54, 1.807) is 0 Å². The number of nitrogens with one attached hydrogen (secondary N) is 1. The lowest BCUT2D eigenvalue weighted by molar-refractivity contribution is -0.121. The third kappa shape index (κ3) is 6.67. The van der Waals surface area contributed by atoms with Crippen LogP contribution in [-0.4, -0.2) is 18.5 Å². The Labute approximate surface area is 106 Å². The van der Waals surface area contributed by atoms with Gasteiger partial charge in [0.25, 0.3) is 0 Å². The molecule has 0 spiro atoms. The van der Waals surface area contributed by atoms with Gasteiger partial charge in [-0.1, -0.05) is 19.8 Å². The van der Waals surface area contributed by atoms with E-state index in [-0.39, 0.29) is 5.91 Å². The lowest BCUT2D eigenvalue weighted by Gasteiger charge is -2.25. The molecule has 1 saturated carbocycles. The fourth-order valence-electron chi connectivity index (χ4n) is 2.50. The highest BCUT2D eigenvalue weighted by Crippen LogP contribution is 2.26. The molecule has 3 heteroatoms. The van der Waals surface area contributed by atoms with Crippen LogP contribution in [0.25, 0.3) is 0 Å². The minimum Gasteiger partial charge on any atom is -0.356 e. The van der Waals surface area contributed by atoms with Gasteiger partial charge in [-0.25, -0.2) is 0 Å². The van der Waals surface area contributed by atoms with Crippen LogP contribution in [0.1, 0.15) is 64.7 Å². The van der Waals surface area contributed by atoms with Crippen molar-refractivity contribution in [3.63, 3.8) is 0 Å². The second-order valence-corrected chi connectivity index (χ2v) is 5.38. The van der Waals surface area contributed by atoms with Crippen LogP contribution >= 0.6 is 0 Å². The van der Waals surface area contributed by atoms with Crippen molar-refractivity contribution < 1.29 is 4.79 Å². The number of carbonyl (C=O) groups is 1. The average Bonchev–Trinajstić information content (AvgIpc) is 2.34. The Morgan fingerprint density at radius 2 is 1.94 bits per heavy atom. The molecule has 1 amide bonds. The Morgan fingerprint density at radius 3 is 2.59 bits per heavy atom. The van der Waals surface area contributed by atoms with Gasteiger partial charge in [-0.3, -0.25) is 4.79 Å². The average molecular weight is 240 g/mol. The van der Waals surface area contributed by atoms with Gasteiger partial charge >= 0.3 is 0 Å². The Bertz CT molecular complexity index is 210. The van der Waals surface area contributed by atoms with Gasteiger partial charge in [0.05, 0.1) is 0 Å². The molecule has 0 atom stereocenters.